The minimum atomic E-state index is -0.151. The van der Waals surface area contributed by atoms with Crippen LogP contribution in [0.1, 0.15) is 12.8 Å². The third-order valence-corrected chi connectivity index (χ3v) is 2.97. The van der Waals surface area contributed by atoms with Crippen LogP contribution in [-0.4, -0.2) is 47.5 Å². The molecule has 1 aliphatic rings. The normalized spacial score (nSPS) is 19.4. The van der Waals surface area contributed by atoms with Gasteiger partial charge in [-0.1, -0.05) is 0 Å². The Labute approximate surface area is 100 Å². The molecule has 1 aromatic rings. The standard InChI is InChI=1S/C11H17N5O/c1-15(2)11(17)9-4-3-5-16(9)10-8(12)6-13-7-14-10/h6-7,9H,3-5,12H2,1-2H3. The highest BCUT2D eigenvalue weighted by Crippen LogP contribution is 2.28. The maximum atomic E-state index is 12.0. The van der Waals surface area contributed by atoms with Crippen LogP contribution in [0.3, 0.4) is 0 Å². The van der Waals surface area contributed by atoms with Gasteiger partial charge in [0.1, 0.15) is 12.4 Å². The third kappa shape index (κ3) is 2.15. The number of aromatic nitrogens is 2. The largest absolute Gasteiger partial charge is 0.394 e. The quantitative estimate of drug-likeness (QED) is 0.787. The van der Waals surface area contributed by atoms with Crippen molar-refractivity contribution in [3.8, 4) is 0 Å². The van der Waals surface area contributed by atoms with Gasteiger partial charge in [0.05, 0.1) is 11.9 Å². The Kier molecular flexibility index (Phi) is 3.12. The molecule has 1 fully saturated rings. The van der Waals surface area contributed by atoms with Gasteiger partial charge in [0.2, 0.25) is 5.91 Å². The van der Waals surface area contributed by atoms with E-state index in [1.54, 1.807) is 25.2 Å². The molecule has 0 bridgehead atoms. The summed E-state index contributed by atoms with van der Waals surface area (Å²) in [5, 5.41) is 0. The molecule has 17 heavy (non-hydrogen) atoms. The van der Waals surface area contributed by atoms with E-state index in [1.807, 2.05) is 4.90 Å². The zero-order chi connectivity index (χ0) is 12.4. The average molecular weight is 235 g/mol. The number of carbonyl (C=O) groups is 1. The molecule has 2 heterocycles. The van der Waals surface area contributed by atoms with Crippen molar-refractivity contribution in [3.63, 3.8) is 0 Å². The van der Waals surface area contributed by atoms with E-state index in [0.29, 0.717) is 11.5 Å². The first-order valence-corrected chi connectivity index (χ1v) is 5.64. The van der Waals surface area contributed by atoms with E-state index < -0.39 is 0 Å². The zero-order valence-electron chi connectivity index (χ0n) is 10.1. The molecule has 0 aliphatic carbocycles. The molecule has 92 valence electrons. The van der Waals surface area contributed by atoms with Crippen molar-refractivity contribution in [2.24, 2.45) is 0 Å². The van der Waals surface area contributed by atoms with Gasteiger partial charge in [-0.3, -0.25) is 4.79 Å². The van der Waals surface area contributed by atoms with Gasteiger partial charge in [-0.25, -0.2) is 9.97 Å². The number of hydrogen-bond donors (Lipinski definition) is 1. The van der Waals surface area contributed by atoms with Crippen LogP contribution in [0.2, 0.25) is 0 Å². The molecule has 1 atom stereocenters. The summed E-state index contributed by atoms with van der Waals surface area (Å²) in [6.45, 7) is 0.811. The number of amides is 1. The van der Waals surface area contributed by atoms with Gasteiger partial charge in [0.25, 0.3) is 0 Å². The monoisotopic (exact) mass is 235 g/mol. The Balaban J connectivity index is 2.26. The van der Waals surface area contributed by atoms with Crippen molar-refractivity contribution in [1.82, 2.24) is 14.9 Å². The molecule has 1 amide bonds. The lowest BCUT2D eigenvalue weighted by Gasteiger charge is -2.27. The van der Waals surface area contributed by atoms with E-state index in [2.05, 4.69) is 9.97 Å². The van der Waals surface area contributed by atoms with Gasteiger partial charge in [-0.2, -0.15) is 0 Å². The summed E-state index contributed by atoms with van der Waals surface area (Å²) in [4.78, 5) is 23.7. The number of carbonyl (C=O) groups excluding carboxylic acids is 1. The van der Waals surface area contributed by atoms with Crippen LogP contribution in [0.5, 0.6) is 0 Å². The molecule has 2 N–H and O–H groups in total. The first-order valence-electron chi connectivity index (χ1n) is 5.64. The van der Waals surface area contributed by atoms with Crippen LogP contribution in [-0.2, 0) is 4.79 Å². The van der Waals surface area contributed by atoms with Crippen LogP contribution < -0.4 is 10.6 Å². The zero-order valence-corrected chi connectivity index (χ0v) is 10.1. The molecule has 2 rings (SSSR count). The van der Waals surface area contributed by atoms with Gasteiger partial charge in [-0.05, 0) is 12.8 Å². The van der Waals surface area contributed by atoms with Gasteiger partial charge < -0.3 is 15.5 Å². The summed E-state index contributed by atoms with van der Waals surface area (Å²) in [5.74, 6) is 0.762. The highest BCUT2D eigenvalue weighted by atomic mass is 16.2. The minimum absolute atomic E-state index is 0.0977. The Morgan fingerprint density at radius 3 is 3.00 bits per heavy atom. The summed E-state index contributed by atoms with van der Waals surface area (Å²) < 4.78 is 0. The highest BCUT2D eigenvalue weighted by Gasteiger charge is 2.33. The number of rotatable bonds is 2. The van der Waals surface area contributed by atoms with E-state index in [1.165, 1.54) is 6.33 Å². The van der Waals surface area contributed by atoms with Gasteiger partial charge in [0.15, 0.2) is 5.82 Å². The molecule has 1 unspecified atom stereocenters. The van der Waals surface area contributed by atoms with Crippen molar-refractivity contribution in [3.05, 3.63) is 12.5 Å². The second-order valence-corrected chi connectivity index (χ2v) is 4.39. The molecule has 1 saturated heterocycles. The van der Waals surface area contributed by atoms with Crippen LogP contribution in [0.25, 0.3) is 0 Å². The van der Waals surface area contributed by atoms with E-state index in [9.17, 15) is 4.79 Å². The molecule has 0 spiro atoms. The molecule has 1 aromatic heterocycles. The molecule has 6 heteroatoms. The molecular weight excluding hydrogens is 218 g/mol. The van der Waals surface area contributed by atoms with E-state index in [4.69, 9.17) is 5.73 Å². The number of nitrogen functional groups attached to an aromatic ring is 1. The Bertz CT molecular complexity index is 420. The molecular formula is C11H17N5O. The lowest BCUT2D eigenvalue weighted by Crippen LogP contribution is -2.43. The lowest BCUT2D eigenvalue weighted by atomic mass is 10.2. The third-order valence-electron chi connectivity index (χ3n) is 2.97. The molecule has 0 aromatic carbocycles. The van der Waals surface area contributed by atoms with E-state index in [-0.39, 0.29) is 11.9 Å². The topological polar surface area (TPSA) is 75.4 Å². The van der Waals surface area contributed by atoms with Crippen molar-refractivity contribution in [2.45, 2.75) is 18.9 Å². The predicted octanol–water partition coefficient (Wildman–Crippen LogP) is 0.116. The first kappa shape index (κ1) is 11.6. The number of nitrogens with two attached hydrogens (primary N) is 1. The fourth-order valence-corrected chi connectivity index (χ4v) is 2.15. The van der Waals surface area contributed by atoms with Gasteiger partial charge >= 0.3 is 0 Å². The minimum Gasteiger partial charge on any atom is -0.394 e. The second-order valence-electron chi connectivity index (χ2n) is 4.39. The average Bonchev–Trinajstić information content (AvgIpc) is 2.77. The summed E-state index contributed by atoms with van der Waals surface area (Å²) >= 11 is 0. The fraction of sp³-hybridized carbons (Fsp3) is 0.545. The Hall–Kier alpha value is -1.85. The Morgan fingerprint density at radius 2 is 2.35 bits per heavy atom. The molecule has 0 radical (unpaired) electrons. The Morgan fingerprint density at radius 1 is 1.59 bits per heavy atom. The van der Waals surface area contributed by atoms with Crippen molar-refractivity contribution < 1.29 is 4.79 Å². The number of hydrogen-bond acceptors (Lipinski definition) is 5. The maximum Gasteiger partial charge on any atom is 0.244 e. The summed E-state index contributed by atoms with van der Waals surface area (Å²) in [5.41, 5.74) is 6.37. The highest BCUT2D eigenvalue weighted by molar-refractivity contribution is 5.86. The molecule has 0 saturated carbocycles. The van der Waals surface area contributed by atoms with Crippen LogP contribution in [0.4, 0.5) is 11.5 Å². The van der Waals surface area contributed by atoms with E-state index >= 15 is 0 Å². The lowest BCUT2D eigenvalue weighted by molar-refractivity contribution is -0.129. The first-order chi connectivity index (χ1) is 8.11. The van der Waals surface area contributed by atoms with Gasteiger partial charge in [-0.15, -0.1) is 0 Å². The fourth-order valence-electron chi connectivity index (χ4n) is 2.15. The number of nitrogens with zero attached hydrogens (tertiary/aromatic N) is 4. The van der Waals surface area contributed by atoms with Crippen molar-refractivity contribution in [1.29, 1.82) is 0 Å². The van der Waals surface area contributed by atoms with E-state index in [0.717, 1.165) is 19.4 Å². The molecule has 1 aliphatic heterocycles. The van der Waals surface area contributed by atoms with Crippen LogP contribution in [0, 0.1) is 0 Å². The number of likely N-dealkylation sites (N-methyl/N-ethyl adjacent to an activating group) is 1. The van der Waals surface area contributed by atoms with Crippen molar-refractivity contribution >= 4 is 17.4 Å². The number of anilines is 2. The second kappa shape index (κ2) is 4.57. The van der Waals surface area contributed by atoms with Crippen LogP contribution >= 0.6 is 0 Å². The van der Waals surface area contributed by atoms with Gasteiger partial charge in [0, 0.05) is 20.6 Å². The summed E-state index contributed by atoms with van der Waals surface area (Å²) in [7, 11) is 3.53. The predicted molar refractivity (Wildman–Crippen MR) is 65.5 cm³/mol. The smallest absolute Gasteiger partial charge is 0.244 e. The summed E-state index contributed by atoms with van der Waals surface area (Å²) in [6, 6.07) is -0.151. The SMILES string of the molecule is CN(C)C(=O)C1CCCN1c1ncncc1N. The maximum absolute atomic E-state index is 12.0. The van der Waals surface area contributed by atoms with Crippen molar-refractivity contribution in [2.75, 3.05) is 31.3 Å². The van der Waals surface area contributed by atoms with Crippen LogP contribution in [0.15, 0.2) is 12.5 Å². The molecule has 6 nitrogen and oxygen atoms in total. The summed E-state index contributed by atoms with van der Waals surface area (Å²) in [6.07, 6.45) is 4.85.